The van der Waals surface area contributed by atoms with E-state index >= 15 is 0 Å². The molecule has 1 N–H and O–H groups in total. The third kappa shape index (κ3) is 2.67. The van der Waals surface area contributed by atoms with Gasteiger partial charge < -0.3 is 14.5 Å². The Morgan fingerprint density at radius 2 is 1.94 bits per heavy atom. The minimum atomic E-state index is 0.144. The third-order valence-corrected chi connectivity index (χ3v) is 2.99. The molecule has 0 saturated heterocycles. The van der Waals surface area contributed by atoms with Gasteiger partial charge in [-0.1, -0.05) is 0 Å². The van der Waals surface area contributed by atoms with Gasteiger partial charge in [-0.3, -0.25) is 0 Å². The highest BCUT2D eigenvalue weighted by Gasteiger charge is 2.10. The molecule has 0 saturated carbocycles. The van der Waals surface area contributed by atoms with Gasteiger partial charge in [-0.2, -0.15) is 0 Å². The zero-order valence-electron chi connectivity index (χ0n) is 11.3. The fourth-order valence-corrected chi connectivity index (χ4v) is 1.92. The van der Waals surface area contributed by atoms with Gasteiger partial charge >= 0.3 is 0 Å². The first kappa shape index (κ1) is 12.6. The van der Waals surface area contributed by atoms with E-state index in [-0.39, 0.29) is 6.04 Å². The molecule has 1 atom stereocenters. The third-order valence-electron chi connectivity index (χ3n) is 2.99. The van der Waals surface area contributed by atoms with Crippen LogP contribution >= 0.6 is 0 Å². The van der Waals surface area contributed by atoms with E-state index in [2.05, 4.69) is 19.2 Å². The van der Waals surface area contributed by atoms with E-state index in [1.807, 2.05) is 37.3 Å². The molecule has 3 heteroatoms. The fraction of sp³-hybridized carbons (Fsp3) is 0.333. The van der Waals surface area contributed by atoms with Crippen molar-refractivity contribution in [3.8, 4) is 5.75 Å². The number of benzene rings is 1. The molecule has 1 aromatic heterocycles. The highest BCUT2D eigenvalue weighted by molar-refractivity contribution is 5.54. The normalized spacial score (nSPS) is 12.2. The molecular weight excluding hydrogens is 226 g/mol. The highest BCUT2D eigenvalue weighted by Crippen LogP contribution is 2.26. The van der Waals surface area contributed by atoms with Crippen molar-refractivity contribution in [2.45, 2.75) is 26.8 Å². The molecule has 1 unspecified atom stereocenters. The molecule has 0 aliphatic rings. The standard InChI is InChI=1S/C15H19NO2/c1-10-9-13(17-4)6-7-14(10)16-12(3)15-8-5-11(2)18-15/h5-9,12,16H,1-4H3. The number of hydrogen-bond acceptors (Lipinski definition) is 3. The maximum Gasteiger partial charge on any atom is 0.126 e. The van der Waals surface area contributed by atoms with Crippen LogP contribution in [0.2, 0.25) is 0 Å². The van der Waals surface area contributed by atoms with Crippen LogP contribution in [0.4, 0.5) is 5.69 Å². The van der Waals surface area contributed by atoms with Crippen LogP contribution in [0.5, 0.6) is 5.75 Å². The number of ether oxygens (including phenoxy) is 1. The summed E-state index contributed by atoms with van der Waals surface area (Å²) in [5, 5.41) is 3.44. The van der Waals surface area contributed by atoms with Crippen molar-refractivity contribution in [1.29, 1.82) is 0 Å². The lowest BCUT2D eigenvalue weighted by Crippen LogP contribution is -2.06. The Labute approximate surface area is 108 Å². The van der Waals surface area contributed by atoms with E-state index in [1.165, 1.54) is 0 Å². The molecule has 0 aliphatic carbocycles. The number of methoxy groups -OCH3 is 1. The molecule has 0 fully saturated rings. The number of nitrogens with one attached hydrogen (secondary N) is 1. The van der Waals surface area contributed by atoms with Crippen molar-refractivity contribution in [3.63, 3.8) is 0 Å². The van der Waals surface area contributed by atoms with E-state index in [4.69, 9.17) is 9.15 Å². The summed E-state index contributed by atoms with van der Waals surface area (Å²) >= 11 is 0. The molecule has 0 aliphatic heterocycles. The molecule has 2 rings (SSSR count). The van der Waals surface area contributed by atoms with Gasteiger partial charge in [0.15, 0.2) is 0 Å². The van der Waals surface area contributed by atoms with E-state index in [0.717, 1.165) is 28.5 Å². The van der Waals surface area contributed by atoms with Crippen LogP contribution in [0, 0.1) is 13.8 Å². The lowest BCUT2D eigenvalue weighted by molar-refractivity contribution is 0.414. The number of aryl methyl sites for hydroxylation is 2. The maximum atomic E-state index is 5.62. The van der Waals surface area contributed by atoms with Gasteiger partial charge in [-0.25, -0.2) is 0 Å². The summed E-state index contributed by atoms with van der Waals surface area (Å²) in [6, 6.07) is 10.1. The number of furan rings is 1. The van der Waals surface area contributed by atoms with Gasteiger partial charge in [-0.15, -0.1) is 0 Å². The van der Waals surface area contributed by atoms with E-state index in [0.29, 0.717) is 0 Å². The molecule has 1 aromatic carbocycles. The smallest absolute Gasteiger partial charge is 0.126 e. The first-order valence-electron chi connectivity index (χ1n) is 6.07. The summed E-state index contributed by atoms with van der Waals surface area (Å²) in [7, 11) is 1.68. The average molecular weight is 245 g/mol. The predicted molar refractivity (Wildman–Crippen MR) is 73.2 cm³/mol. The fourth-order valence-electron chi connectivity index (χ4n) is 1.92. The van der Waals surface area contributed by atoms with Gasteiger partial charge in [0.2, 0.25) is 0 Å². The van der Waals surface area contributed by atoms with Crippen molar-refractivity contribution >= 4 is 5.69 Å². The summed E-state index contributed by atoms with van der Waals surface area (Å²) in [6.07, 6.45) is 0. The average Bonchev–Trinajstić information content (AvgIpc) is 2.78. The first-order valence-corrected chi connectivity index (χ1v) is 6.07. The Kier molecular flexibility index (Phi) is 3.60. The van der Waals surface area contributed by atoms with Gasteiger partial charge in [0, 0.05) is 5.69 Å². The van der Waals surface area contributed by atoms with Gasteiger partial charge in [0.1, 0.15) is 17.3 Å². The Balaban J connectivity index is 2.14. The second-order valence-electron chi connectivity index (χ2n) is 4.50. The van der Waals surface area contributed by atoms with Gasteiger partial charge in [0.05, 0.1) is 13.2 Å². The van der Waals surface area contributed by atoms with Crippen molar-refractivity contribution < 1.29 is 9.15 Å². The van der Waals surface area contributed by atoms with Crippen molar-refractivity contribution in [1.82, 2.24) is 0 Å². The van der Waals surface area contributed by atoms with Crippen LogP contribution in [0.25, 0.3) is 0 Å². The number of rotatable bonds is 4. The summed E-state index contributed by atoms with van der Waals surface area (Å²) < 4.78 is 10.8. The van der Waals surface area contributed by atoms with Crippen molar-refractivity contribution in [2.24, 2.45) is 0 Å². The molecule has 2 aromatic rings. The lowest BCUT2D eigenvalue weighted by Gasteiger charge is -2.15. The number of hydrogen-bond donors (Lipinski definition) is 1. The molecule has 18 heavy (non-hydrogen) atoms. The molecular formula is C15H19NO2. The highest BCUT2D eigenvalue weighted by atomic mass is 16.5. The quantitative estimate of drug-likeness (QED) is 0.881. The van der Waals surface area contributed by atoms with Crippen LogP contribution in [0.1, 0.15) is 30.0 Å². The van der Waals surface area contributed by atoms with Crippen LogP contribution in [0.15, 0.2) is 34.7 Å². The molecule has 1 heterocycles. The maximum absolute atomic E-state index is 5.62. The zero-order chi connectivity index (χ0) is 13.1. The zero-order valence-corrected chi connectivity index (χ0v) is 11.3. The van der Waals surface area contributed by atoms with Crippen molar-refractivity contribution in [2.75, 3.05) is 12.4 Å². The Morgan fingerprint density at radius 3 is 2.50 bits per heavy atom. The molecule has 0 amide bonds. The van der Waals surface area contributed by atoms with Crippen LogP contribution in [0.3, 0.4) is 0 Å². The SMILES string of the molecule is COc1ccc(NC(C)c2ccc(C)o2)c(C)c1. The van der Waals surface area contributed by atoms with E-state index in [1.54, 1.807) is 7.11 Å². The van der Waals surface area contributed by atoms with E-state index < -0.39 is 0 Å². The Hall–Kier alpha value is -1.90. The summed E-state index contributed by atoms with van der Waals surface area (Å²) in [6.45, 7) is 6.10. The Bertz CT molecular complexity index is 531. The molecule has 0 radical (unpaired) electrons. The number of anilines is 1. The minimum Gasteiger partial charge on any atom is -0.497 e. The topological polar surface area (TPSA) is 34.4 Å². The molecule has 3 nitrogen and oxygen atoms in total. The summed E-state index contributed by atoms with van der Waals surface area (Å²) in [5.74, 6) is 2.76. The summed E-state index contributed by atoms with van der Waals surface area (Å²) in [4.78, 5) is 0. The van der Waals surface area contributed by atoms with Crippen LogP contribution < -0.4 is 10.1 Å². The second kappa shape index (κ2) is 5.17. The Morgan fingerprint density at radius 1 is 1.17 bits per heavy atom. The first-order chi connectivity index (χ1) is 8.60. The summed E-state index contributed by atoms with van der Waals surface area (Å²) in [5.41, 5.74) is 2.25. The minimum absolute atomic E-state index is 0.144. The largest absolute Gasteiger partial charge is 0.497 e. The monoisotopic (exact) mass is 245 g/mol. The second-order valence-corrected chi connectivity index (χ2v) is 4.50. The molecule has 0 bridgehead atoms. The van der Waals surface area contributed by atoms with Crippen LogP contribution in [-0.4, -0.2) is 7.11 Å². The van der Waals surface area contributed by atoms with Gasteiger partial charge in [0.25, 0.3) is 0 Å². The van der Waals surface area contributed by atoms with Crippen molar-refractivity contribution in [3.05, 3.63) is 47.4 Å². The van der Waals surface area contributed by atoms with E-state index in [9.17, 15) is 0 Å². The van der Waals surface area contributed by atoms with Gasteiger partial charge in [-0.05, 0) is 56.7 Å². The van der Waals surface area contributed by atoms with Crippen LogP contribution in [-0.2, 0) is 0 Å². The molecule has 0 spiro atoms. The lowest BCUT2D eigenvalue weighted by atomic mass is 10.1. The predicted octanol–water partition coefficient (Wildman–Crippen LogP) is 4.08. The molecule has 96 valence electrons.